The van der Waals surface area contributed by atoms with Gasteiger partial charge in [-0.3, -0.25) is 4.98 Å². The van der Waals surface area contributed by atoms with Crippen LogP contribution in [0, 0.1) is 6.92 Å². The first kappa shape index (κ1) is 12.7. The standard InChI is InChI=1S/C14H15N5O/c1-9-7-12(15-11-6-4-3-5-10(9)11)13(20)8-14-16-18-19(2)17-14/h3-7,13,20H,8H2,1-2H3. The minimum absolute atomic E-state index is 0.304. The van der Waals surface area contributed by atoms with E-state index in [-0.39, 0.29) is 0 Å². The Labute approximate surface area is 116 Å². The highest BCUT2D eigenvalue weighted by Crippen LogP contribution is 2.22. The van der Waals surface area contributed by atoms with Crippen molar-refractivity contribution in [2.75, 3.05) is 0 Å². The molecular formula is C14H15N5O. The summed E-state index contributed by atoms with van der Waals surface area (Å²) in [5.41, 5.74) is 2.61. The number of tetrazole rings is 1. The molecule has 3 aromatic rings. The second-order valence-electron chi connectivity index (χ2n) is 4.80. The third kappa shape index (κ3) is 2.37. The number of nitrogens with zero attached hydrogens (tertiary/aromatic N) is 5. The number of aryl methyl sites for hydroxylation is 2. The monoisotopic (exact) mass is 269 g/mol. The van der Waals surface area contributed by atoms with E-state index < -0.39 is 6.10 Å². The van der Waals surface area contributed by atoms with Crippen LogP contribution in [0.15, 0.2) is 30.3 Å². The minimum Gasteiger partial charge on any atom is -0.386 e. The first-order chi connectivity index (χ1) is 9.63. The van der Waals surface area contributed by atoms with Crippen LogP contribution in [0.3, 0.4) is 0 Å². The second-order valence-corrected chi connectivity index (χ2v) is 4.80. The van der Waals surface area contributed by atoms with Gasteiger partial charge in [0.15, 0.2) is 5.82 Å². The fourth-order valence-corrected chi connectivity index (χ4v) is 2.23. The molecule has 0 fully saturated rings. The van der Waals surface area contributed by atoms with Gasteiger partial charge in [0.25, 0.3) is 0 Å². The van der Waals surface area contributed by atoms with Crippen molar-refractivity contribution < 1.29 is 5.11 Å². The van der Waals surface area contributed by atoms with E-state index in [9.17, 15) is 5.11 Å². The lowest BCUT2D eigenvalue weighted by Crippen LogP contribution is -2.06. The molecule has 0 bridgehead atoms. The van der Waals surface area contributed by atoms with E-state index in [4.69, 9.17) is 0 Å². The molecule has 102 valence electrons. The number of benzene rings is 1. The summed E-state index contributed by atoms with van der Waals surface area (Å²) in [6.07, 6.45) is -0.430. The normalized spacial score (nSPS) is 12.8. The van der Waals surface area contributed by atoms with Crippen molar-refractivity contribution >= 4 is 10.9 Å². The van der Waals surface area contributed by atoms with E-state index in [1.807, 2.05) is 37.3 Å². The largest absolute Gasteiger partial charge is 0.386 e. The molecule has 0 aliphatic carbocycles. The zero-order valence-electron chi connectivity index (χ0n) is 11.4. The average molecular weight is 269 g/mol. The molecule has 6 nitrogen and oxygen atoms in total. The summed E-state index contributed by atoms with van der Waals surface area (Å²) >= 11 is 0. The first-order valence-electron chi connectivity index (χ1n) is 6.41. The number of rotatable bonds is 3. The van der Waals surface area contributed by atoms with Crippen molar-refractivity contribution in [2.45, 2.75) is 19.4 Å². The van der Waals surface area contributed by atoms with Gasteiger partial charge in [-0.15, -0.1) is 10.2 Å². The minimum atomic E-state index is -0.734. The fraction of sp³-hybridized carbons (Fsp3) is 0.286. The predicted molar refractivity (Wildman–Crippen MR) is 73.9 cm³/mol. The van der Waals surface area contributed by atoms with Gasteiger partial charge in [0.2, 0.25) is 0 Å². The molecule has 1 unspecified atom stereocenters. The first-order valence-corrected chi connectivity index (χ1v) is 6.41. The molecule has 2 heterocycles. The third-order valence-corrected chi connectivity index (χ3v) is 3.21. The summed E-state index contributed by atoms with van der Waals surface area (Å²) < 4.78 is 0. The Balaban J connectivity index is 1.93. The average Bonchev–Trinajstić information content (AvgIpc) is 2.84. The number of hydrogen-bond acceptors (Lipinski definition) is 5. The van der Waals surface area contributed by atoms with E-state index in [2.05, 4.69) is 20.4 Å². The van der Waals surface area contributed by atoms with E-state index in [0.29, 0.717) is 17.9 Å². The highest BCUT2D eigenvalue weighted by Gasteiger charge is 2.15. The van der Waals surface area contributed by atoms with Crippen LogP contribution in [-0.2, 0) is 13.5 Å². The van der Waals surface area contributed by atoms with Crippen LogP contribution in [0.5, 0.6) is 0 Å². The SMILES string of the molecule is Cc1cc(C(O)Cc2nnn(C)n2)nc2ccccc12. The Morgan fingerprint density at radius 3 is 2.85 bits per heavy atom. The summed E-state index contributed by atoms with van der Waals surface area (Å²) in [6, 6.07) is 9.80. The summed E-state index contributed by atoms with van der Waals surface area (Å²) in [7, 11) is 1.70. The van der Waals surface area contributed by atoms with Crippen LogP contribution in [0.25, 0.3) is 10.9 Å². The Hall–Kier alpha value is -2.34. The molecule has 1 aromatic carbocycles. The number of aromatic nitrogens is 5. The van der Waals surface area contributed by atoms with E-state index >= 15 is 0 Å². The van der Waals surface area contributed by atoms with E-state index in [1.54, 1.807) is 7.05 Å². The number of pyridine rings is 1. The molecular weight excluding hydrogens is 254 g/mol. The van der Waals surface area contributed by atoms with Crippen LogP contribution >= 0.6 is 0 Å². The molecule has 6 heteroatoms. The third-order valence-electron chi connectivity index (χ3n) is 3.21. The summed E-state index contributed by atoms with van der Waals surface area (Å²) in [5.74, 6) is 0.507. The molecule has 0 aliphatic heterocycles. The van der Waals surface area contributed by atoms with Crippen molar-refractivity contribution in [3.05, 3.63) is 47.4 Å². The van der Waals surface area contributed by atoms with Gasteiger partial charge >= 0.3 is 0 Å². The van der Waals surface area contributed by atoms with Crippen LogP contribution in [-0.4, -0.2) is 30.3 Å². The van der Waals surface area contributed by atoms with Crippen molar-refractivity contribution in [3.8, 4) is 0 Å². The smallest absolute Gasteiger partial charge is 0.177 e. The van der Waals surface area contributed by atoms with E-state index in [1.165, 1.54) is 4.80 Å². The Morgan fingerprint density at radius 2 is 2.10 bits per heavy atom. The van der Waals surface area contributed by atoms with Crippen LogP contribution < -0.4 is 0 Å². The van der Waals surface area contributed by atoms with Gasteiger partial charge < -0.3 is 5.11 Å². The van der Waals surface area contributed by atoms with Gasteiger partial charge in [-0.2, -0.15) is 4.80 Å². The van der Waals surface area contributed by atoms with Gasteiger partial charge in [0.05, 0.1) is 18.3 Å². The summed E-state index contributed by atoms with van der Waals surface area (Å²) in [4.78, 5) is 5.88. The predicted octanol–water partition coefficient (Wildman–Crippen LogP) is 1.34. The Morgan fingerprint density at radius 1 is 1.30 bits per heavy atom. The van der Waals surface area contributed by atoms with Gasteiger partial charge in [-0.05, 0) is 29.8 Å². The number of fused-ring (bicyclic) bond motifs is 1. The summed E-state index contributed by atoms with van der Waals surface area (Å²) in [5, 5.41) is 23.1. The second kappa shape index (κ2) is 4.97. The van der Waals surface area contributed by atoms with Gasteiger partial charge in [0, 0.05) is 11.8 Å². The molecule has 0 spiro atoms. The molecule has 3 rings (SSSR count). The maximum atomic E-state index is 10.3. The van der Waals surface area contributed by atoms with Crippen molar-refractivity contribution in [1.29, 1.82) is 0 Å². The molecule has 2 aromatic heterocycles. The Bertz CT molecular complexity index is 752. The van der Waals surface area contributed by atoms with Crippen LogP contribution in [0.2, 0.25) is 0 Å². The Kier molecular flexibility index (Phi) is 3.15. The maximum Gasteiger partial charge on any atom is 0.177 e. The molecule has 1 N–H and O–H groups in total. The van der Waals surface area contributed by atoms with Crippen molar-refractivity contribution in [3.63, 3.8) is 0 Å². The van der Waals surface area contributed by atoms with Gasteiger partial charge in [0.1, 0.15) is 6.10 Å². The highest BCUT2D eigenvalue weighted by atomic mass is 16.3. The van der Waals surface area contributed by atoms with E-state index in [0.717, 1.165) is 16.5 Å². The van der Waals surface area contributed by atoms with Crippen LogP contribution in [0.1, 0.15) is 23.2 Å². The quantitative estimate of drug-likeness (QED) is 0.776. The highest BCUT2D eigenvalue weighted by molar-refractivity contribution is 5.82. The molecule has 0 saturated heterocycles. The zero-order valence-corrected chi connectivity index (χ0v) is 11.4. The van der Waals surface area contributed by atoms with Crippen LogP contribution in [0.4, 0.5) is 0 Å². The molecule has 1 atom stereocenters. The zero-order chi connectivity index (χ0) is 14.1. The summed E-state index contributed by atoms with van der Waals surface area (Å²) in [6.45, 7) is 2.01. The maximum absolute atomic E-state index is 10.3. The molecule has 0 saturated carbocycles. The van der Waals surface area contributed by atoms with Crippen molar-refractivity contribution in [1.82, 2.24) is 25.2 Å². The fourth-order valence-electron chi connectivity index (χ4n) is 2.23. The number of para-hydroxylation sites is 1. The lowest BCUT2D eigenvalue weighted by molar-refractivity contribution is 0.171. The molecule has 20 heavy (non-hydrogen) atoms. The van der Waals surface area contributed by atoms with Gasteiger partial charge in [-0.25, -0.2) is 0 Å². The lowest BCUT2D eigenvalue weighted by Gasteiger charge is -2.10. The number of hydrogen-bond donors (Lipinski definition) is 1. The molecule has 0 aliphatic rings. The number of aliphatic hydroxyl groups is 1. The van der Waals surface area contributed by atoms with Gasteiger partial charge in [-0.1, -0.05) is 18.2 Å². The topological polar surface area (TPSA) is 76.7 Å². The van der Waals surface area contributed by atoms with Crippen molar-refractivity contribution in [2.24, 2.45) is 7.05 Å². The molecule has 0 radical (unpaired) electrons. The molecule has 0 amide bonds. The lowest BCUT2D eigenvalue weighted by atomic mass is 10.1. The number of aliphatic hydroxyl groups excluding tert-OH is 1.